The van der Waals surface area contributed by atoms with Gasteiger partial charge in [-0.1, -0.05) is 61.9 Å². The summed E-state index contributed by atoms with van der Waals surface area (Å²) in [6, 6.07) is 20.9. The van der Waals surface area contributed by atoms with E-state index in [1.54, 1.807) is 6.20 Å². The molecule has 0 aliphatic heterocycles. The van der Waals surface area contributed by atoms with E-state index in [-0.39, 0.29) is 11.2 Å². The van der Waals surface area contributed by atoms with Gasteiger partial charge in [0.2, 0.25) is 0 Å². The van der Waals surface area contributed by atoms with Crippen molar-refractivity contribution < 1.29 is 9.90 Å². The van der Waals surface area contributed by atoms with Gasteiger partial charge < -0.3 is 5.11 Å². The van der Waals surface area contributed by atoms with E-state index < -0.39 is 5.60 Å². The number of pyridine rings is 1. The number of aliphatic hydroxyl groups is 1. The monoisotopic (exact) mass is 481 g/mol. The van der Waals surface area contributed by atoms with Crippen molar-refractivity contribution >= 4 is 5.78 Å². The van der Waals surface area contributed by atoms with Crippen LogP contribution in [0.2, 0.25) is 0 Å². The van der Waals surface area contributed by atoms with E-state index >= 15 is 0 Å². The van der Waals surface area contributed by atoms with E-state index in [4.69, 9.17) is 0 Å². The fraction of sp³-hybridized carbons (Fsp3) is 0.455. The Labute approximate surface area is 216 Å². The highest BCUT2D eigenvalue weighted by Gasteiger charge is 2.50. The Morgan fingerprint density at radius 2 is 1.92 bits per heavy atom. The summed E-state index contributed by atoms with van der Waals surface area (Å²) < 4.78 is 0. The zero-order valence-corrected chi connectivity index (χ0v) is 21.8. The van der Waals surface area contributed by atoms with Crippen LogP contribution >= 0.6 is 0 Å². The number of carbonyl (C=O) groups is 1. The maximum atomic E-state index is 13.2. The Morgan fingerprint density at radius 3 is 2.69 bits per heavy atom. The largest absolute Gasteiger partial charge is 0.390 e. The van der Waals surface area contributed by atoms with Crippen LogP contribution in [-0.4, -0.2) is 21.5 Å². The molecule has 0 unspecified atom stereocenters. The molecule has 1 fully saturated rings. The number of hydrogen-bond donors (Lipinski definition) is 1. The topological polar surface area (TPSA) is 50.2 Å². The second-order valence-corrected chi connectivity index (χ2v) is 11.3. The van der Waals surface area contributed by atoms with Crippen LogP contribution in [0, 0.1) is 12.8 Å². The lowest BCUT2D eigenvalue weighted by Gasteiger charge is -2.50. The number of rotatable bonds is 7. The molecular formula is C33H39NO2. The molecule has 0 bridgehead atoms. The number of hydrogen-bond acceptors (Lipinski definition) is 3. The number of carbonyl (C=O) groups excluding carboxylic acids is 1. The number of Topliss-reactive ketones (excluding diaryl/α,β-unsaturated/α-hetero) is 1. The first-order valence-electron chi connectivity index (χ1n) is 13.8. The SMILES string of the molecule is CCC[C@@]12CC[C@@](O)(Cc3ccccc3)C[C@@H]1CCCc1cc(C(=O)Cc3cccnc3C)ccc12. The highest BCUT2D eigenvalue weighted by atomic mass is 16.3. The van der Waals surface area contributed by atoms with Crippen molar-refractivity contribution in [2.45, 2.75) is 89.1 Å². The molecule has 1 heterocycles. The molecule has 2 aliphatic rings. The van der Waals surface area contributed by atoms with Gasteiger partial charge in [-0.15, -0.1) is 0 Å². The van der Waals surface area contributed by atoms with Gasteiger partial charge in [-0.2, -0.15) is 0 Å². The summed E-state index contributed by atoms with van der Waals surface area (Å²) >= 11 is 0. The average Bonchev–Trinajstić information content (AvgIpc) is 3.02. The minimum absolute atomic E-state index is 0.102. The molecule has 188 valence electrons. The second-order valence-electron chi connectivity index (χ2n) is 11.3. The van der Waals surface area contributed by atoms with Gasteiger partial charge in [-0.3, -0.25) is 9.78 Å². The average molecular weight is 482 g/mol. The fourth-order valence-corrected chi connectivity index (χ4v) is 7.17. The van der Waals surface area contributed by atoms with Crippen LogP contribution in [0.25, 0.3) is 0 Å². The van der Waals surface area contributed by atoms with Crippen LogP contribution in [0.4, 0.5) is 0 Å². The molecule has 0 spiro atoms. The molecule has 0 radical (unpaired) electrons. The highest BCUT2D eigenvalue weighted by Crippen LogP contribution is 2.54. The summed E-state index contributed by atoms with van der Waals surface area (Å²) in [6.45, 7) is 4.26. The summed E-state index contributed by atoms with van der Waals surface area (Å²) in [5, 5.41) is 11.7. The van der Waals surface area contributed by atoms with E-state index in [1.165, 1.54) is 16.7 Å². The molecule has 0 saturated heterocycles. The molecule has 3 atom stereocenters. The van der Waals surface area contributed by atoms with E-state index in [0.29, 0.717) is 12.3 Å². The molecule has 1 N–H and O–H groups in total. The summed E-state index contributed by atoms with van der Waals surface area (Å²) in [6.07, 6.45) is 11.2. The molecule has 2 aliphatic carbocycles. The summed E-state index contributed by atoms with van der Waals surface area (Å²) in [5.74, 6) is 0.640. The zero-order valence-electron chi connectivity index (χ0n) is 21.8. The zero-order chi connectivity index (χ0) is 25.2. The third-order valence-corrected chi connectivity index (χ3v) is 8.95. The number of fused-ring (bicyclic) bond motifs is 3. The first-order chi connectivity index (χ1) is 17.4. The normalized spacial score (nSPS) is 25.5. The lowest BCUT2D eigenvalue weighted by molar-refractivity contribution is -0.0488. The van der Waals surface area contributed by atoms with Gasteiger partial charge in [-0.05, 0) is 97.6 Å². The van der Waals surface area contributed by atoms with E-state index in [2.05, 4.69) is 54.4 Å². The van der Waals surface area contributed by atoms with Crippen molar-refractivity contribution in [3.8, 4) is 0 Å². The smallest absolute Gasteiger partial charge is 0.167 e. The van der Waals surface area contributed by atoms with Gasteiger partial charge in [-0.25, -0.2) is 0 Å². The minimum atomic E-state index is -0.634. The number of ketones is 1. The highest BCUT2D eigenvalue weighted by molar-refractivity contribution is 5.97. The van der Waals surface area contributed by atoms with Crippen LogP contribution in [0.5, 0.6) is 0 Å². The van der Waals surface area contributed by atoms with Crippen LogP contribution in [0.15, 0.2) is 66.9 Å². The quantitative estimate of drug-likeness (QED) is 0.371. The number of benzene rings is 2. The molecule has 3 aromatic rings. The van der Waals surface area contributed by atoms with Crippen molar-refractivity contribution in [2.24, 2.45) is 5.92 Å². The van der Waals surface area contributed by atoms with Crippen molar-refractivity contribution in [2.75, 3.05) is 0 Å². The summed E-state index contributed by atoms with van der Waals surface area (Å²) in [7, 11) is 0. The van der Waals surface area contributed by atoms with E-state index in [1.807, 2.05) is 25.1 Å². The maximum absolute atomic E-state index is 13.2. The van der Waals surface area contributed by atoms with Crippen LogP contribution in [-0.2, 0) is 24.7 Å². The Morgan fingerprint density at radius 1 is 1.08 bits per heavy atom. The van der Waals surface area contributed by atoms with Crippen LogP contribution in [0.1, 0.15) is 90.2 Å². The standard InChI is InChI=1S/C33H39NO2/c1-3-16-33-18-17-32(36,22-25-9-5-4-6-10-25)23-29(33)13-7-11-27-20-28(14-15-30(27)33)31(35)21-26-12-8-19-34-24(26)2/h4-6,8-10,12,14-15,19-20,29,36H,3,7,11,13,16-18,21-23H2,1-2H3/t29-,32+,33+/m0/s1. The lowest BCUT2D eigenvalue weighted by Crippen LogP contribution is -2.48. The van der Waals surface area contributed by atoms with Crippen molar-refractivity contribution in [1.29, 1.82) is 0 Å². The fourth-order valence-electron chi connectivity index (χ4n) is 7.17. The Balaban J connectivity index is 1.42. The Kier molecular flexibility index (Phi) is 7.12. The lowest BCUT2D eigenvalue weighted by atomic mass is 9.55. The van der Waals surface area contributed by atoms with E-state index in [0.717, 1.165) is 74.6 Å². The maximum Gasteiger partial charge on any atom is 0.167 e. The number of nitrogens with zero attached hydrogens (tertiary/aromatic N) is 1. The predicted octanol–water partition coefficient (Wildman–Crippen LogP) is 6.96. The predicted molar refractivity (Wildman–Crippen MR) is 145 cm³/mol. The van der Waals surface area contributed by atoms with Gasteiger partial charge in [0.1, 0.15) is 0 Å². The third kappa shape index (κ3) is 4.91. The van der Waals surface area contributed by atoms with Gasteiger partial charge in [0, 0.05) is 30.3 Å². The third-order valence-electron chi connectivity index (χ3n) is 8.95. The van der Waals surface area contributed by atoms with Crippen molar-refractivity contribution in [1.82, 2.24) is 4.98 Å². The van der Waals surface area contributed by atoms with Gasteiger partial charge in [0.05, 0.1) is 5.60 Å². The molecular weight excluding hydrogens is 442 g/mol. The van der Waals surface area contributed by atoms with Crippen molar-refractivity contribution in [3.63, 3.8) is 0 Å². The second kappa shape index (κ2) is 10.3. The molecule has 1 saturated carbocycles. The van der Waals surface area contributed by atoms with Gasteiger partial charge >= 0.3 is 0 Å². The molecule has 3 nitrogen and oxygen atoms in total. The molecule has 0 amide bonds. The minimum Gasteiger partial charge on any atom is -0.390 e. The van der Waals surface area contributed by atoms with Gasteiger partial charge in [0.25, 0.3) is 0 Å². The molecule has 3 heteroatoms. The molecule has 36 heavy (non-hydrogen) atoms. The first-order valence-corrected chi connectivity index (χ1v) is 13.8. The van der Waals surface area contributed by atoms with Crippen LogP contribution in [0.3, 0.4) is 0 Å². The number of aryl methyl sites for hydroxylation is 2. The summed E-state index contributed by atoms with van der Waals surface area (Å²) in [5.41, 5.74) is 6.25. The molecule has 2 aromatic carbocycles. The Hall–Kier alpha value is -2.78. The first kappa shape index (κ1) is 24.9. The van der Waals surface area contributed by atoms with Crippen molar-refractivity contribution in [3.05, 3.63) is 100 Å². The van der Waals surface area contributed by atoms with Crippen LogP contribution < -0.4 is 0 Å². The Bertz CT molecular complexity index is 1220. The van der Waals surface area contributed by atoms with Gasteiger partial charge in [0.15, 0.2) is 5.78 Å². The molecule has 1 aromatic heterocycles. The molecule has 5 rings (SSSR count). The van der Waals surface area contributed by atoms with E-state index in [9.17, 15) is 9.90 Å². The summed E-state index contributed by atoms with van der Waals surface area (Å²) in [4.78, 5) is 17.6. The number of aromatic nitrogens is 1.